The molecule has 0 unspecified atom stereocenters. The molecule has 0 saturated heterocycles. The summed E-state index contributed by atoms with van der Waals surface area (Å²) >= 11 is 3.03. The second-order valence-corrected chi connectivity index (χ2v) is 3.26. The SMILES string of the molecule is Oc1cc(C#CCBr)cc(C(F)(F)F)c1. The zero-order chi connectivity index (χ0) is 11.5. The Labute approximate surface area is 93.0 Å². The van der Waals surface area contributed by atoms with Gasteiger partial charge < -0.3 is 5.11 Å². The second kappa shape index (κ2) is 4.58. The summed E-state index contributed by atoms with van der Waals surface area (Å²) in [4.78, 5) is 0. The lowest BCUT2D eigenvalue weighted by Gasteiger charge is -2.07. The molecule has 1 aromatic carbocycles. The van der Waals surface area contributed by atoms with Crippen LogP contribution in [0.2, 0.25) is 0 Å². The highest BCUT2D eigenvalue weighted by atomic mass is 79.9. The molecular formula is C10H6BrF3O. The molecule has 5 heteroatoms. The van der Waals surface area contributed by atoms with Gasteiger partial charge in [0.1, 0.15) is 5.75 Å². The summed E-state index contributed by atoms with van der Waals surface area (Å²) in [6, 6.07) is 2.75. The second-order valence-electron chi connectivity index (χ2n) is 2.70. The first kappa shape index (κ1) is 11.9. The lowest BCUT2D eigenvalue weighted by atomic mass is 10.1. The van der Waals surface area contributed by atoms with E-state index in [1.165, 1.54) is 6.07 Å². The van der Waals surface area contributed by atoms with Crippen LogP contribution in [-0.2, 0) is 6.18 Å². The number of phenols is 1. The van der Waals surface area contributed by atoms with E-state index >= 15 is 0 Å². The number of halogens is 4. The van der Waals surface area contributed by atoms with Crippen molar-refractivity contribution in [3.05, 3.63) is 29.3 Å². The lowest BCUT2D eigenvalue weighted by Crippen LogP contribution is -2.04. The summed E-state index contributed by atoms with van der Waals surface area (Å²) in [7, 11) is 0. The maximum Gasteiger partial charge on any atom is 0.416 e. The van der Waals surface area contributed by atoms with Crippen LogP contribution in [0.25, 0.3) is 0 Å². The Morgan fingerprint density at radius 2 is 1.93 bits per heavy atom. The summed E-state index contributed by atoms with van der Waals surface area (Å²) < 4.78 is 36.9. The Kier molecular flexibility index (Phi) is 3.64. The van der Waals surface area contributed by atoms with Gasteiger partial charge in [-0.3, -0.25) is 0 Å². The summed E-state index contributed by atoms with van der Waals surface area (Å²) in [5, 5.41) is 9.44. The van der Waals surface area contributed by atoms with E-state index in [-0.39, 0.29) is 5.56 Å². The van der Waals surface area contributed by atoms with Crippen LogP contribution < -0.4 is 0 Å². The van der Waals surface area contributed by atoms with Crippen molar-refractivity contribution in [2.24, 2.45) is 0 Å². The molecule has 0 aliphatic rings. The molecule has 0 amide bonds. The largest absolute Gasteiger partial charge is 0.508 e. The quantitative estimate of drug-likeness (QED) is 0.571. The van der Waals surface area contributed by atoms with Crippen molar-refractivity contribution >= 4 is 15.9 Å². The standard InChI is InChI=1S/C10H6BrF3O/c11-3-1-2-7-4-8(10(12,13)14)6-9(15)5-7/h4-6,15H,3H2. The summed E-state index contributed by atoms with van der Waals surface area (Å²) in [5.74, 6) is 4.61. The number of hydrogen-bond donors (Lipinski definition) is 1. The minimum absolute atomic E-state index is 0.141. The molecule has 0 spiro atoms. The Hall–Kier alpha value is -1.15. The third-order valence-corrected chi connectivity index (χ3v) is 1.83. The molecule has 15 heavy (non-hydrogen) atoms. The van der Waals surface area contributed by atoms with Gasteiger partial charge in [0.2, 0.25) is 0 Å². The van der Waals surface area contributed by atoms with E-state index in [4.69, 9.17) is 5.11 Å². The molecule has 80 valence electrons. The van der Waals surface area contributed by atoms with Gasteiger partial charge in [0, 0.05) is 5.56 Å². The van der Waals surface area contributed by atoms with Gasteiger partial charge in [0.25, 0.3) is 0 Å². The van der Waals surface area contributed by atoms with Crippen LogP contribution in [0.15, 0.2) is 18.2 Å². The van der Waals surface area contributed by atoms with E-state index in [1.54, 1.807) is 0 Å². The van der Waals surface area contributed by atoms with Crippen molar-refractivity contribution in [2.45, 2.75) is 6.18 Å². The van der Waals surface area contributed by atoms with Crippen LogP contribution >= 0.6 is 15.9 Å². The Morgan fingerprint density at radius 3 is 2.47 bits per heavy atom. The van der Waals surface area contributed by atoms with E-state index in [0.29, 0.717) is 11.4 Å². The molecule has 0 bridgehead atoms. The van der Waals surface area contributed by atoms with Gasteiger partial charge in [0.05, 0.1) is 10.9 Å². The van der Waals surface area contributed by atoms with Crippen molar-refractivity contribution < 1.29 is 18.3 Å². The zero-order valence-corrected chi connectivity index (χ0v) is 8.98. The first-order valence-corrected chi connectivity index (χ1v) is 5.01. The number of benzene rings is 1. The van der Waals surface area contributed by atoms with Gasteiger partial charge in [-0.2, -0.15) is 13.2 Å². The van der Waals surface area contributed by atoms with Gasteiger partial charge in [0.15, 0.2) is 0 Å². The van der Waals surface area contributed by atoms with E-state index in [0.717, 1.165) is 6.07 Å². The van der Waals surface area contributed by atoms with E-state index < -0.39 is 17.5 Å². The molecule has 1 N–H and O–H groups in total. The molecule has 1 aromatic rings. The molecule has 0 heterocycles. The fourth-order valence-corrected chi connectivity index (χ4v) is 1.12. The van der Waals surface area contributed by atoms with Crippen LogP contribution in [0.3, 0.4) is 0 Å². The van der Waals surface area contributed by atoms with Gasteiger partial charge in [-0.25, -0.2) is 0 Å². The maximum atomic E-state index is 12.3. The van der Waals surface area contributed by atoms with Crippen molar-refractivity contribution in [1.29, 1.82) is 0 Å². The predicted octanol–water partition coefficient (Wildman–Crippen LogP) is 3.16. The van der Waals surface area contributed by atoms with Gasteiger partial charge >= 0.3 is 6.18 Å². The highest BCUT2D eigenvalue weighted by Gasteiger charge is 2.31. The molecule has 0 aromatic heterocycles. The lowest BCUT2D eigenvalue weighted by molar-refractivity contribution is -0.137. The van der Waals surface area contributed by atoms with Crippen LogP contribution in [-0.4, -0.2) is 10.4 Å². The number of phenolic OH excluding ortho intramolecular Hbond substituents is 1. The molecule has 0 fully saturated rings. The number of aromatic hydroxyl groups is 1. The van der Waals surface area contributed by atoms with Crippen molar-refractivity contribution in [3.8, 4) is 17.6 Å². The number of hydrogen-bond acceptors (Lipinski definition) is 1. The minimum atomic E-state index is -4.47. The molecular weight excluding hydrogens is 273 g/mol. The Bertz CT molecular complexity index is 415. The fourth-order valence-electron chi connectivity index (χ4n) is 0.982. The monoisotopic (exact) mass is 278 g/mol. The minimum Gasteiger partial charge on any atom is -0.508 e. The third-order valence-electron chi connectivity index (χ3n) is 1.54. The topological polar surface area (TPSA) is 20.2 Å². The summed E-state index contributed by atoms with van der Waals surface area (Å²) in [6.07, 6.45) is -4.47. The van der Waals surface area contributed by atoms with Crippen LogP contribution in [0.1, 0.15) is 11.1 Å². The van der Waals surface area contributed by atoms with Crippen molar-refractivity contribution in [3.63, 3.8) is 0 Å². The number of alkyl halides is 4. The Morgan fingerprint density at radius 1 is 1.27 bits per heavy atom. The summed E-state index contributed by atoms with van der Waals surface area (Å²) in [6.45, 7) is 0. The smallest absolute Gasteiger partial charge is 0.416 e. The third kappa shape index (κ3) is 3.48. The molecule has 0 atom stereocenters. The van der Waals surface area contributed by atoms with Crippen molar-refractivity contribution in [2.75, 3.05) is 5.33 Å². The van der Waals surface area contributed by atoms with E-state index in [1.807, 2.05) is 0 Å². The van der Waals surface area contributed by atoms with E-state index in [9.17, 15) is 13.2 Å². The van der Waals surface area contributed by atoms with Crippen molar-refractivity contribution in [1.82, 2.24) is 0 Å². The summed E-state index contributed by atoms with van der Waals surface area (Å²) in [5.41, 5.74) is -0.761. The molecule has 0 aliphatic heterocycles. The average Bonchev–Trinajstić information content (AvgIpc) is 2.12. The predicted molar refractivity (Wildman–Crippen MR) is 53.8 cm³/mol. The first-order chi connectivity index (χ1) is 6.93. The Balaban J connectivity index is 3.17. The molecule has 0 aliphatic carbocycles. The highest BCUT2D eigenvalue weighted by molar-refractivity contribution is 9.09. The highest BCUT2D eigenvalue weighted by Crippen LogP contribution is 2.32. The van der Waals surface area contributed by atoms with Gasteiger partial charge in [-0.15, -0.1) is 0 Å². The molecule has 1 rings (SSSR count). The van der Waals surface area contributed by atoms with Crippen LogP contribution in [0.5, 0.6) is 5.75 Å². The van der Waals surface area contributed by atoms with Gasteiger partial charge in [-0.1, -0.05) is 27.8 Å². The normalized spacial score (nSPS) is 10.7. The van der Waals surface area contributed by atoms with Gasteiger partial charge in [-0.05, 0) is 18.2 Å². The van der Waals surface area contributed by atoms with E-state index in [2.05, 4.69) is 27.8 Å². The molecule has 0 saturated carbocycles. The average molecular weight is 279 g/mol. The maximum absolute atomic E-state index is 12.3. The molecule has 0 radical (unpaired) electrons. The van der Waals surface area contributed by atoms with Crippen LogP contribution in [0, 0.1) is 11.8 Å². The zero-order valence-electron chi connectivity index (χ0n) is 7.40. The van der Waals surface area contributed by atoms with Crippen LogP contribution in [0.4, 0.5) is 13.2 Å². The fraction of sp³-hybridized carbons (Fsp3) is 0.200. The molecule has 1 nitrogen and oxygen atoms in total. The number of rotatable bonds is 0. The first-order valence-electron chi connectivity index (χ1n) is 3.89.